The van der Waals surface area contributed by atoms with E-state index >= 15 is 0 Å². The summed E-state index contributed by atoms with van der Waals surface area (Å²) in [4.78, 5) is 12.0. The van der Waals surface area contributed by atoms with Crippen LogP contribution in [0.15, 0.2) is 11.4 Å². The van der Waals surface area contributed by atoms with E-state index in [0.717, 1.165) is 18.8 Å². The highest BCUT2D eigenvalue weighted by atomic mass is 32.1. The van der Waals surface area contributed by atoms with Crippen LogP contribution in [0.25, 0.3) is 0 Å². The quantitative estimate of drug-likeness (QED) is 0.874. The monoisotopic (exact) mass is 278 g/mol. The summed E-state index contributed by atoms with van der Waals surface area (Å²) >= 11 is 1.42. The zero-order valence-electron chi connectivity index (χ0n) is 10.7. The molecular formula is C15H18O3S. The number of thiophene rings is 1. The summed E-state index contributed by atoms with van der Waals surface area (Å²) in [5.74, 6) is 1.44. The highest BCUT2D eigenvalue weighted by Gasteiger charge is 2.61. The normalized spacial score (nSPS) is 43.6. The van der Waals surface area contributed by atoms with Gasteiger partial charge in [0.1, 0.15) is 5.60 Å². The van der Waals surface area contributed by atoms with Crippen LogP contribution in [-0.2, 0) is 5.60 Å². The fourth-order valence-electron chi connectivity index (χ4n) is 5.19. The van der Waals surface area contributed by atoms with Gasteiger partial charge in [0.05, 0.1) is 10.4 Å². The molecule has 2 bridgehead atoms. The van der Waals surface area contributed by atoms with Gasteiger partial charge in [-0.3, -0.25) is 0 Å². The summed E-state index contributed by atoms with van der Waals surface area (Å²) in [5, 5.41) is 22.2. The topological polar surface area (TPSA) is 57.5 Å². The van der Waals surface area contributed by atoms with Crippen LogP contribution in [0.5, 0.6) is 0 Å². The van der Waals surface area contributed by atoms with Gasteiger partial charge in [0, 0.05) is 0 Å². The van der Waals surface area contributed by atoms with Crippen LogP contribution in [0, 0.1) is 23.7 Å². The number of carboxylic acids is 1. The second-order valence-electron chi connectivity index (χ2n) is 6.46. The third kappa shape index (κ3) is 1.44. The Balaban J connectivity index is 1.75. The predicted octanol–water partition coefficient (Wildman–Crippen LogP) is 3.09. The molecule has 19 heavy (non-hydrogen) atoms. The zero-order chi connectivity index (χ0) is 13.2. The first kappa shape index (κ1) is 11.9. The first-order chi connectivity index (χ1) is 9.11. The SMILES string of the molecule is O=C(O)c1ccsc1C1(O)CC2CC1C1CCCC21. The number of aliphatic hydroxyl groups is 1. The van der Waals surface area contributed by atoms with Gasteiger partial charge in [-0.2, -0.15) is 0 Å². The molecule has 0 aliphatic heterocycles. The number of rotatable bonds is 2. The van der Waals surface area contributed by atoms with Crippen molar-refractivity contribution in [3.63, 3.8) is 0 Å². The number of fused-ring (bicyclic) bond motifs is 5. The smallest absolute Gasteiger partial charge is 0.336 e. The van der Waals surface area contributed by atoms with Crippen molar-refractivity contribution in [2.45, 2.75) is 37.7 Å². The number of carbonyl (C=O) groups is 1. The van der Waals surface area contributed by atoms with Gasteiger partial charge in [-0.1, -0.05) is 6.42 Å². The van der Waals surface area contributed by atoms with E-state index in [1.807, 2.05) is 0 Å². The molecule has 1 heterocycles. The third-order valence-corrected chi connectivity index (χ3v) is 6.86. The van der Waals surface area contributed by atoms with Gasteiger partial charge >= 0.3 is 5.97 Å². The minimum atomic E-state index is -0.907. The van der Waals surface area contributed by atoms with Crippen LogP contribution in [0.1, 0.15) is 47.3 Å². The van der Waals surface area contributed by atoms with E-state index in [1.54, 1.807) is 11.4 Å². The van der Waals surface area contributed by atoms with Gasteiger partial charge in [-0.25, -0.2) is 4.79 Å². The van der Waals surface area contributed by atoms with Crippen LogP contribution < -0.4 is 0 Å². The molecule has 0 amide bonds. The molecule has 3 fully saturated rings. The van der Waals surface area contributed by atoms with Crippen molar-refractivity contribution in [2.24, 2.45) is 23.7 Å². The summed E-state index contributed by atoms with van der Waals surface area (Å²) in [7, 11) is 0. The largest absolute Gasteiger partial charge is 0.478 e. The zero-order valence-corrected chi connectivity index (χ0v) is 11.5. The summed E-state index contributed by atoms with van der Waals surface area (Å²) in [6.45, 7) is 0. The van der Waals surface area contributed by atoms with Crippen molar-refractivity contribution in [3.05, 3.63) is 21.9 Å². The minimum Gasteiger partial charge on any atom is -0.478 e. The Morgan fingerprint density at radius 2 is 2.16 bits per heavy atom. The molecule has 102 valence electrons. The maximum atomic E-state index is 11.3. The lowest BCUT2D eigenvalue weighted by Crippen LogP contribution is -2.39. The lowest BCUT2D eigenvalue weighted by atomic mass is 9.72. The van der Waals surface area contributed by atoms with Crippen LogP contribution in [0.2, 0.25) is 0 Å². The summed E-state index contributed by atoms with van der Waals surface area (Å²) < 4.78 is 0. The van der Waals surface area contributed by atoms with Crippen molar-refractivity contribution in [2.75, 3.05) is 0 Å². The lowest BCUT2D eigenvalue weighted by molar-refractivity contribution is -0.0489. The Kier molecular flexibility index (Phi) is 2.40. The average Bonchev–Trinajstić information content (AvgIpc) is 3.09. The van der Waals surface area contributed by atoms with E-state index in [-0.39, 0.29) is 0 Å². The van der Waals surface area contributed by atoms with Gasteiger partial charge in [0.25, 0.3) is 0 Å². The van der Waals surface area contributed by atoms with E-state index in [9.17, 15) is 15.0 Å². The standard InChI is InChI=1S/C15H18O3S/c16-14(17)11-4-5-19-13(11)15(18)7-8-6-12(15)10-3-1-2-9(8)10/h4-5,8-10,12,18H,1-3,6-7H2,(H,16,17). The highest BCUT2D eigenvalue weighted by molar-refractivity contribution is 7.10. The minimum absolute atomic E-state index is 0.293. The van der Waals surface area contributed by atoms with Crippen molar-refractivity contribution >= 4 is 17.3 Å². The van der Waals surface area contributed by atoms with Crippen LogP contribution in [0.3, 0.4) is 0 Å². The molecular weight excluding hydrogens is 260 g/mol. The van der Waals surface area contributed by atoms with E-state index < -0.39 is 11.6 Å². The van der Waals surface area contributed by atoms with E-state index in [1.165, 1.54) is 30.6 Å². The molecule has 0 saturated heterocycles. The maximum Gasteiger partial charge on any atom is 0.336 e. The highest BCUT2D eigenvalue weighted by Crippen LogP contribution is 2.65. The first-order valence-electron chi connectivity index (χ1n) is 7.15. The van der Waals surface area contributed by atoms with Gasteiger partial charge in [0.2, 0.25) is 0 Å². The van der Waals surface area contributed by atoms with Gasteiger partial charge in [-0.05, 0) is 60.8 Å². The van der Waals surface area contributed by atoms with Crippen LogP contribution in [-0.4, -0.2) is 16.2 Å². The van der Waals surface area contributed by atoms with Crippen molar-refractivity contribution in [1.29, 1.82) is 0 Å². The average molecular weight is 278 g/mol. The van der Waals surface area contributed by atoms with Gasteiger partial charge in [-0.15, -0.1) is 11.3 Å². The molecule has 3 saturated carbocycles. The molecule has 0 radical (unpaired) electrons. The Morgan fingerprint density at radius 3 is 2.95 bits per heavy atom. The van der Waals surface area contributed by atoms with Crippen LogP contribution in [0.4, 0.5) is 0 Å². The Morgan fingerprint density at radius 1 is 1.37 bits per heavy atom. The van der Waals surface area contributed by atoms with E-state index in [4.69, 9.17) is 0 Å². The first-order valence-corrected chi connectivity index (χ1v) is 8.03. The van der Waals surface area contributed by atoms with E-state index in [2.05, 4.69) is 0 Å². The fraction of sp³-hybridized carbons (Fsp3) is 0.667. The number of carboxylic acid groups (broad SMARTS) is 1. The van der Waals surface area contributed by atoms with Gasteiger partial charge in [0.15, 0.2) is 0 Å². The van der Waals surface area contributed by atoms with E-state index in [0.29, 0.717) is 28.2 Å². The van der Waals surface area contributed by atoms with Crippen molar-refractivity contribution < 1.29 is 15.0 Å². The maximum absolute atomic E-state index is 11.3. The van der Waals surface area contributed by atoms with Crippen LogP contribution >= 0.6 is 11.3 Å². The third-order valence-electron chi connectivity index (χ3n) is 5.78. The van der Waals surface area contributed by atoms with Crippen molar-refractivity contribution in [3.8, 4) is 0 Å². The Labute approximate surface area is 116 Å². The van der Waals surface area contributed by atoms with Gasteiger partial charge < -0.3 is 10.2 Å². The second kappa shape index (κ2) is 3.83. The Hall–Kier alpha value is -0.870. The fourth-order valence-corrected chi connectivity index (χ4v) is 6.25. The second-order valence-corrected chi connectivity index (χ2v) is 7.37. The molecule has 4 rings (SSSR count). The molecule has 2 N–H and O–H groups in total. The Bertz CT molecular complexity index is 537. The summed E-state index contributed by atoms with van der Waals surface area (Å²) in [5.41, 5.74) is -0.549. The molecule has 3 aliphatic rings. The van der Waals surface area contributed by atoms with Crippen molar-refractivity contribution in [1.82, 2.24) is 0 Å². The molecule has 4 heteroatoms. The predicted molar refractivity (Wildman–Crippen MR) is 72.2 cm³/mol. The molecule has 0 spiro atoms. The molecule has 5 unspecified atom stereocenters. The number of hydrogen-bond donors (Lipinski definition) is 2. The molecule has 5 atom stereocenters. The summed E-state index contributed by atoms with van der Waals surface area (Å²) in [6.07, 6.45) is 5.71. The lowest BCUT2D eigenvalue weighted by Gasteiger charge is -2.38. The molecule has 0 aromatic carbocycles. The summed E-state index contributed by atoms with van der Waals surface area (Å²) in [6, 6.07) is 1.64. The molecule has 3 aliphatic carbocycles. The molecule has 3 nitrogen and oxygen atoms in total. The molecule has 1 aromatic heterocycles. The number of hydrogen-bond acceptors (Lipinski definition) is 3. The molecule has 1 aromatic rings. The number of aromatic carboxylic acids is 1.